The molecule has 0 amide bonds. The molecule has 1 N–H and O–H groups in total. The largest absolute Gasteiger partial charge is 0.342 e. The van der Waals surface area contributed by atoms with Gasteiger partial charge < -0.3 is 9.51 Å². The first-order valence-electron chi connectivity index (χ1n) is 5.21. The van der Waals surface area contributed by atoms with Gasteiger partial charge in [0.25, 0.3) is 5.89 Å². The number of rotatable bonds is 2. The molecule has 1 fully saturated rings. The van der Waals surface area contributed by atoms with E-state index in [2.05, 4.69) is 22.0 Å². The highest BCUT2D eigenvalue weighted by Crippen LogP contribution is 2.45. The highest BCUT2D eigenvalue weighted by molar-refractivity contribution is 5.49. The Hall–Kier alpha value is -2.09. The van der Waals surface area contributed by atoms with Gasteiger partial charge in [-0.05, 0) is 24.5 Å². The number of aromatic nitrogens is 3. The number of nitriles is 1. The van der Waals surface area contributed by atoms with Crippen LogP contribution in [-0.2, 0) is 0 Å². The fourth-order valence-electron chi connectivity index (χ4n) is 1.76. The number of aromatic amines is 1. The Labute approximate surface area is 92.1 Å². The van der Waals surface area contributed by atoms with Gasteiger partial charge in [-0.3, -0.25) is 0 Å². The van der Waals surface area contributed by atoms with E-state index in [-0.39, 0.29) is 0 Å². The third-order valence-corrected chi connectivity index (χ3v) is 2.92. The predicted molar refractivity (Wildman–Crippen MR) is 55.3 cm³/mol. The molecule has 2 unspecified atom stereocenters. The van der Waals surface area contributed by atoms with Crippen molar-refractivity contribution in [2.45, 2.75) is 19.3 Å². The van der Waals surface area contributed by atoms with Crippen LogP contribution in [0.4, 0.5) is 0 Å². The fraction of sp³-hybridized carbons (Fsp3) is 0.364. The Morgan fingerprint density at radius 2 is 2.38 bits per heavy atom. The molecule has 80 valence electrons. The number of hydrogen-bond acceptors (Lipinski definition) is 4. The monoisotopic (exact) mass is 214 g/mol. The average molecular weight is 214 g/mol. The molecule has 0 spiro atoms. The summed E-state index contributed by atoms with van der Waals surface area (Å²) in [5, 5.41) is 12.6. The van der Waals surface area contributed by atoms with E-state index in [1.807, 2.05) is 6.07 Å². The highest BCUT2D eigenvalue weighted by atomic mass is 16.5. The Bertz CT molecular complexity index is 563. The SMILES string of the molecule is CC1CC1c1noc(-c2ccc(C#N)[nH]2)n1. The van der Waals surface area contributed by atoms with Crippen molar-refractivity contribution in [3.63, 3.8) is 0 Å². The molecule has 2 heterocycles. The average Bonchev–Trinajstić information content (AvgIpc) is 2.80. The van der Waals surface area contributed by atoms with Crippen molar-refractivity contribution in [2.75, 3.05) is 0 Å². The molecule has 1 aliphatic rings. The van der Waals surface area contributed by atoms with Gasteiger partial charge in [-0.1, -0.05) is 12.1 Å². The molecule has 2 aromatic heterocycles. The van der Waals surface area contributed by atoms with Crippen LogP contribution < -0.4 is 0 Å². The molecule has 5 nitrogen and oxygen atoms in total. The maximum Gasteiger partial charge on any atom is 0.274 e. The topological polar surface area (TPSA) is 78.5 Å². The van der Waals surface area contributed by atoms with Gasteiger partial charge >= 0.3 is 0 Å². The summed E-state index contributed by atoms with van der Waals surface area (Å²) >= 11 is 0. The second-order valence-electron chi connectivity index (χ2n) is 4.17. The van der Waals surface area contributed by atoms with E-state index in [9.17, 15) is 0 Å². The Morgan fingerprint density at radius 1 is 1.56 bits per heavy atom. The van der Waals surface area contributed by atoms with Crippen molar-refractivity contribution in [1.82, 2.24) is 15.1 Å². The van der Waals surface area contributed by atoms with Crippen molar-refractivity contribution in [3.8, 4) is 17.7 Å². The molecule has 1 aliphatic carbocycles. The molecule has 1 saturated carbocycles. The predicted octanol–water partition coefficient (Wildman–Crippen LogP) is 2.06. The van der Waals surface area contributed by atoms with Crippen LogP contribution in [-0.4, -0.2) is 15.1 Å². The normalized spacial score (nSPS) is 23.0. The standard InChI is InChI=1S/C11H10N4O/c1-6-4-8(6)10-14-11(16-15-10)9-3-2-7(5-12)13-9/h2-3,6,8,13H,4H2,1H3. The van der Waals surface area contributed by atoms with Crippen LogP contribution in [0.3, 0.4) is 0 Å². The van der Waals surface area contributed by atoms with Gasteiger partial charge in [-0.25, -0.2) is 0 Å². The van der Waals surface area contributed by atoms with E-state index in [1.165, 1.54) is 0 Å². The number of nitrogens with one attached hydrogen (secondary N) is 1. The second kappa shape index (κ2) is 3.20. The molecular weight excluding hydrogens is 204 g/mol. The van der Waals surface area contributed by atoms with Gasteiger partial charge in [0.1, 0.15) is 17.5 Å². The molecule has 3 rings (SSSR count). The maximum atomic E-state index is 8.69. The summed E-state index contributed by atoms with van der Waals surface area (Å²) in [6, 6.07) is 5.48. The summed E-state index contributed by atoms with van der Waals surface area (Å²) in [5.74, 6) is 2.33. The molecule has 5 heteroatoms. The minimum atomic E-state index is 0.447. The van der Waals surface area contributed by atoms with Crippen LogP contribution in [0, 0.1) is 17.2 Å². The van der Waals surface area contributed by atoms with Crippen LogP contribution in [0.15, 0.2) is 16.7 Å². The lowest BCUT2D eigenvalue weighted by atomic mass is 10.3. The summed E-state index contributed by atoms with van der Waals surface area (Å²) in [4.78, 5) is 7.23. The molecule has 0 radical (unpaired) electrons. The first kappa shape index (κ1) is 9.16. The van der Waals surface area contributed by atoms with E-state index in [4.69, 9.17) is 9.78 Å². The molecule has 0 aliphatic heterocycles. The molecular formula is C11H10N4O. The summed E-state index contributed by atoms with van der Waals surface area (Å²) in [7, 11) is 0. The lowest BCUT2D eigenvalue weighted by Gasteiger charge is -1.85. The Balaban J connectivity index is 1.89. The van der Waals surface area contributed by atoms with E-state index in [0.717, 1.165) is 12.2 Å². The van der Waals surface area contributed by atoms with Gasteiger partial charge in [0.15, 0.2) is 5.82 Å². The van der Waals surface area contributed by atoms with E-state index < -0.39 is 0 Å². The van der Waals surface area contributed by atoms with Gasteiger partial charge in [0.2, 0.25) is 0 Å². The Kier molecular flexibility index (Phi) is 1.83. The quantitative estimate of drug-likeness (QED) is 0.829. The zero-order chi connectivity index (χ0) is 11.1. The van der Waals surface area contributed by atoms with Crippen LogP contribution >= 0.6 is 0 Å². The lowest BCUT2D eigenvalue weighted by molar-refractivity contribution is 0.421. The van der Waals surface area contributed by atoms with Crippen molar-refractivity contribution in [3.05, 3.63) is 23.7 Å². The smallest absolute Gasteiger partial charge is 0.274 e. The number of hydrogen-bond donors (Lipinski definition) is 1. The third kappa shape index (κ3) is 1.39. The minimum absolute atomic E-state index is 0.447. The van der Waals surface area contributed by atoms with E-state index >= 15 is 0 Å². The molecule has 2 aromatic rings. The van der Waals surface area contributed by atoms with Crippen LogP contribution in [0.5, 0.6) is 0 Å². The molecule has 0 saturated heterocycles. The summed E-state index contributed by atoms with van der Waals surface area (Å²) in [6.07, 6.45) is 1.13. The zero-order valence-corrected chi connectivity index (χ0v) is 8.77. The molecule has 0 bridgehead atoms. The number of H-pyrrole nitrogens is 1. The first-order valence-corrected chi connectivity index (χ1v) is 5.21. The molecule has 0 aromatic carbocycles. The molecule has 2 atom stereocenters. The van der Waals surface area contributed by atoms with Crippen LogP contribution in [0.25, 0.3) is 11.6 Å². The fourth-order valence-corrected chi connectivity index (χ4v) is 1.76. The summed E-state index contributed by atoms with van der Waals surface area (Å²) in [6.45, 7) is 2.17. The highest BCUT2D eigenvalue weighted by Gasteiger charge is 2.38. The first-order chi connectivity index (χ1) is 7.78. The van der Waals surface area contributed by atoms with Crippen molar-refractivity contribution in [2.24, 2.45) is 5.92 Å². The molecule has 16 heavy (non-hydrogen) atoms. The summed E-state index contributed by atoms with van der Waals surface area (Å²) in [5.41, 5.74) is 1.19. The minimum Gasteiger partial charge on any atom is -0.342 e. The van der Waals surface area contributed by atoms with Gasteiger partial charge in [0.05, 0.1) is 0 Å². The van der Waals surface area contributed by atoms with Crippen molar-refractivity contribution in [1.29, 1.82) is 5.26 Å². The van der Waals surface area contributed by atoms with E-state index in [0.29, 0.717) is 29.1 Å². The van der Waals surface area contributed by atoms with E-state index in [1.54, 1.807) is 12.1 Å². The van der Waals surface area contributed by atoms with Crippen molar-refractivity contribution >= 4 is 0 Å². The third-order valence-electron chi connectivity index (χ3n) is 2.92. The lowest BCUT2D eigenvalue weighted by Crippen LogP contribution is -1.84. The zero-order valence-electron chi connectivity index (χ0n) is 8.77. The second-order valence-corrected chi connectivity index (χ2v) is 4.17. The van der Waals surface area contributed by atoms with Gasteiger partial charge in [-0.15, -0.1) is 0 Å². The summed E-state index contributed by atoms with van der Waals surface area (Å²) < 4.78 is 5.16. The van der Waals surface area contributed by atoms with Gasteiger partial charge in [-0.2, -0.15) is 10.2 Å². The Morgan fingerprint density at radius 3 is 3.00 bits per heavy atom. The van der Waals surface area contributed by atoms with Crippen LogP contribution in [0.1, 0.15) is 30.8 Å². The van der Waals surface area contributed by atoms with Gasteiger partial charge in [0, 0.05) is 5.92 Å². The maximum absolute atomic E-state index is 8.69. The van der Waals surface area contributed by atoms with Crippen molar-refractivity contribution < 1.29 is 4.52 Å². The number of nitrogens with zero attached hydrogens (tertiary/aromatic N) is 3. The van der Waals surface area contributed by atoms with Crippen LogP contribution in [0.2, 0.25) is 0 Å².